The standard InChI is InChI=1S/C16H22N4/c1-11(2)15(19(4)5)16-18-13-10-12(3)6-7-14(13)20(16)9-8-17/h6-7,10-11,15H,9H2,1-5H3. The van der Waals surface area contributed by atoms with Crippen LogP contribution in [-0.2, 0) is 6.54 Å². The van der Waals surface area contributed by atoms with E-state index in [0.717, 1.165) is 16.9 Å². The molecule has 2 aromatic rings. The molecule has 0 bridgehead atoms. The molecule has 106 valence electrons. The van der Waals surface area contributed by atoms with Crippen molar-refractivity contribution in [3.8, 4) is 6.07 Å². The van der Waals surface area contributed by atoms with Crippen molar-refractivity contribution in [3.63, 3.8) is 0 Å². The van der Waals surface area contributed by atoms with Crippen LogP contribution in [0, 0.1) is 24.2 Å². The van der Waals surface area contributed by atoms with Gasteiger partial charge in [-0.1, -0.05) is 19.9 Å². The minimum atomic E-state index is 0.205. The number of fused-ring (bicyclic) bond motifs is 1. The lowest BCUT2D eigenvalue weighted by atomic mass is 10.0. The van der Waals surface area contributed by atoms with Crippen LogP contribution >= 0.6 is 0 Å². The van der Waals surface area contributed by atoms with Crippen LogP contribution in [0.4, 0.5) is 0 Å². The van der Waals surface area contributed by atoms with E-state index in [-0.39, 0.29) is 6.04 Å². The molecule has 0 radical (unpaired) electrons. The van der Waals surface area contributed by atoms with Crippen molar-refractivity contribution in [2.75, 3.05) is 14.1 Å². The lowest BCUT2D eigenvalue weighted by Gasteiger charge is -2.27. The third kappa shape index (κ3) is 2.54. The molecule has 0 spiro atoms. The van der Waals surface area contributed by atoms with Gasteiger partial charge in [0.2, 0.25) is 0 Å². The summed E-state index contributed by atoms with van der Waals surface area (Å²) in [5.74, 6) is 1.41. The van der Waals surface area contributed by atoms with E-state index in [9.17, 15) is 0 Å². The van der Waals surface area contributed by atoms with E-state index in [0.29, 0.717) is 12.5 Å². The first-order valence-corrected chi connectivity index (χ1v) is 6.96. The molecule has 1 unspecified atom stereocenters. The first-order valence-electron chi connectivity index (χ1n) is 6.96. The second-order valence-electron chi connectivity index (χ2n) is 5.86. The Hall–Kier alpha value is -1.86. The average molecular weight is 270 g/mol. The Kier molecular flexibility index (Phi) is 4.10. The molecule has 20 heavy (non-hydrogen) atoms. The second-order valence-corrected chi connectivity index (χ2v) is 5.86. The highest BCUT2D eigenvalue weighted by Crippen LogP contribution is 2.29. The predicted octanol–water partition coefficient (Wildman–Crippen LogP) is 3.13. The van der Waals surface area contributed by atoms with E-state index in [4.69, 9.17) is 10.2 Å². The molecule has 4 heteroatoms. The number of hydrogen-bond acceptors (Lipinski definition) is 3. The molecule has 0 aliphatic carbocycles. The summed E-state index contributed by atoms with van der Waals surface area (Å²) in [5, 5.41) is 9.12. The highest BCUT2D eigenvalue weighted by atomic mass is 15.2. The molecule has 4 nitrogen and oxygen atoms in total. The predicted molar refractivity (Wildman–Crippen MR) is 81.3 cm³/mol. The molecule has 0 saturated carbocycles. The lowest BCUT2D eigenvalue weighted by molar-refractivity contribution is 0.220. The molecule has 0 fully saturated rings. The van der Waals surface area contributed by atoms with Gasteiger partial charge in [0.15, 0.2) is 0 Å². The summed E-state index contributed by atoms with van der Waals surface area (Å²) in [5.41, 5.74) is 3.21. The van der Waals surface area contributed by atoms with E-state index in [1.165, 1.54) is 5.56 Å². The maximum Gasteiger partial charge on any atom is 0.128 e. The van der Waals surface area contributed by atoms with Crippen LogP contribution in [0.1, 0.15) is 31.3 Å². The van der Waals surface area contributed by atoms with Gasteiger partial charge in [0.25, 0.3) is 0 Å². The third-order valence-corrected chi connectivity index (χ3v) is 3.61. The topological polar surface area (TPSA) is 44.9 Å². The van der Waals surface area contributed by atoms with E-state index < -0.39 is 0 Å². The Morgan fingerprint density at radius 2 is 2.05 bits per heavy atom. The van der Waals surface area contributed by atoms with Crippen molar-refractivity contribution < 1.29 is 0 Å². The van der Waals surface area contributed by atoms with Gasteiger partial charge in [0.1, 0.15) is 12.4 Å². The van der Waals surface area contributed by atoms with E-state index in [1.807, 2.05) is 4.57 Å². The van der Waals surface area contributed by atoms with Gasteiger partial charge >= 0.3 is 0 Å². The fourth-order valence-electron chi connectivity index (χ4n) is 2.85. The Bertz CT molecular complexity index is 638. The molecule has 1 aromatic carbocycles. The smallest absolute Gasteiger partial charge is 0.128 e. The van der Waals surface area contributed by atoms with Crippen molar-refractivity contribution >= 4 is 11.0 Å². The molecule has 0 saturated heterocycles. The molecule has 1 atom stereocenters. The fraction of sp³-hybridized carbons (Fsp3) is 0.500. The maximum atomic E-state index is 9.12. The number of imidazole rings is 1. The van der Waals surface area contributed by atoms with Gasteiger partial charge in [-0.3, -0.25) is 4.90 Å². The Morgan fingerprint density at radius 3 is 2.60 bits per heavy atom. The minimum absolute atomic E-state index is 0.205. The van der Waals surface area contributed by atoms with Gasteiger partial charge in [-0.2, -0.15) is 5.26 Å². The minimum Gasteiger partial charge on any atom is -0.313 e. The summed E-state index contributed by atoms with van der Waals surface area (Å²) < 4.78 is 2.04. The number of nitrogens with zero attached hydrogens (tertiary/aromatic N) is 4. The van der Waals surface area contributed by atoms with Crippen molar-refractivity contribution in [1.82, 2.24) is 14.5 Å². The number of hydrogen-bond donors (Lipinski definition) is 0. The normalized spacial score (nSPS) is 13.1. The third-order valence-electron chi connectivity index (χ3n) is 3.61. The monoisotopic (exact) mass is 270 g/mol. The molecule has 0 aliphatic rings. The van der Waals surface area contributed by atoms with Gasteiger partial charge in [-0.05, 0) is 44.6 Å². The first-order chi connectivity index (χ1) is 9.45. The number of aromatic nitrogens is 2. The van der Waals surface area contributed by atoms with Crippen LogP contribution in [0.3, 0.4) is 0 Å². The molecule has 0 N–H and O–H groups in total. The van der Waals surface area contributed by atoms with Gasteiger partial charge in [0, 0.05) is 0 Å². The van der Waals surface area contributed by atoms with Crippen LogP contribution in [0.15, 0.2) is 18.2 Å². The highest BCUT2D eigenvalue weighted by Gasteiger charge is 2.24. The Balaban J connectivity index is 2.67. The molecule has 2 rings (SSSR count). The van der Waals surface area contributed by atoms with Crippen LogP contribution in [0.2, 0.25) is 0 Å². The van der Waals surface area contributed by atoms with Gasteiger partial charge < -0.3 is 4.57 Å². The zero-order valence-electron chi connectivity index (χ0n) is 12.9. The first kappa shape index (κ1) is 14.5. The quantitative estimate of drug-likeness (QED) is 0.857. The molecule has 1 aromatic heterocycles. The summed E-state index contributed by atoms with van der Waals surface area (Å²) in [6.45, 7) is 6.78. The van der Waals surface area contributed by atoms with Crippen molar-refractivity contribution in [2.24, 2.45) is 5.92 Å². The zero-order chi connectivity index (χ0) is 14.9. The molecular formula is C16H22N4. The number of benzene rings is 1. The summed E-state index contributed by atoms with van der Waals surface area (Å²) in [4.78, 5) is 6.98. The molecule has 0 amide bonds. The van der Waals surface area contributed by atoms with E-state index >= 15 is 0 Å². The lowest BCUT2D eigenvalue weighted by Crippen LogP contribution is -2.27. The van der Waals surface area contributed by atoms with Crippen molar-refractivity contribution in [1.29, 1.82) is 5.26 Å². The van der Waals surface area contributed by atoms with Crippen molar-refractivity contribution in [2.45, 2.75) is 33.4 Å². The van der Waals surface area contributed by atoms with Gasteiger partial charge in [0.05, 0.1) is 23.1 Å². The number of rotatable bonds is 4. The summed E-state index contributed by atoms with van der Waals surface area (Å²) in [6, 6.07) is 8.67. The van der Waals surface area contributed by atoms with Crippen LogP contribution in [-0.4, -0.2) is 28.5 Å². The zero-order valence-corrected chi connectivity index (χ0v) is 12.9. The van der Waals surface area contributed by atoms with Crippen LogP contribution in [0.25, 0.3) is 11.0 Å². The maximum absolute atomic E-state index is 9.12. The van der Waals surface area contributed by atoms with Crippen LogP contribution in [0.5, 0.6) is 0 Å². The molecular weight excluding hydrogens is 248 g/mol. The second kappa shape index (κ2) is 5.64. The number of aryl methyl sites for hydroxylation is 1. The van der Waals surface area contributed by atoms with E-state index in [1.54, 1.807) is 0 Å². The summed E-state index contributed by atoms with van der Waals surface area (Å²) in [7, 11) is 4.12. The SMILES string of the molecule is Cc1ccc2c(c1)nc(C(C(C)C)N(C)C)n2CC#N. The number of nitriles is 1. The highest BCUT2D eigenvalue weighted by molar-refractivity contribution is 5.77. The van der Waals surface area contributed by atoms with E-state index in [2.05, 4.69) is 64.0 Å². The molecule has 1 heterocycles. The Morgan fingerprint density at radius 1 is 1.35 bits per heavy atom. The van der Waals surface area contributed by atoms with Crippen molar-refractivity contribution in [3.05, 3.63) is 29.6 Å². The summed E-state index contributed by atoms with van der Waals surface area (Å²) >= 11 is 0. The largest absolute Gasteiger partial charge is 0.313 e. The van der Waals surface area contributed by atoms with Gasteiger partial charge in [-0.25, -0.2) is 4.98 Å². The average Bonchev–Trinajstić information content (AvgIpc) is 2.67. The Labute approximate surface area is 120 Å². The fourth-order valence-corrected chi connectivity index (χ4v) is 2.85. The molecule has 0 aliphatic heterocycles. The van der Waals surface area contributed by atoms with Crippen LogP contribution < -0.4 is 0 Å². The van der Waals surface area contributed by atoms with Gasteiger partial charge in [-0.15, -0.1) is 0 Å². The summed E-state index contributed by atoms with van der Waals surface area (Å²) in [6.07, 6.45) is 0.